The van der Waals surface area contributed by atoms with Crippen molar-refractivity contribution in [3.63, 3.8) is 0 Å². The molecule has 0 aromatic rings. The van der Waals surface area contributed by atoms with Gasteiger partial charge in [-0.05, 0) is 55.0 Å². The number of allylic oxidation sites excluding steroid dienone is 4. The van der Waals surface area contributed by atoms with Crippen LogP contribution in [-0.2, 0) is 0 Å². The molecule has 1 atom stereocenters. The van der Waals surface area contributed by atoms with Crippen LogP contribution >= 0.6 is 11.8 Å². The standard InChI is InChI=1S/C18H26FNS/c1-4-5-17(12-18(19)15(3)21-13-20)11-10-16-8-6-14(2)7-9-16/h4-5,12,14-16H,1,6-11H2,2-3H3/b17-5-,18-12+. The van der Waals surface area contributed by atoms with E-state index in [2.05, 4.69) is 13.5 Å². The van der Waals surface area contributed by atoms with Gasteiger partial charge < -0.3 is 0 Å². The second kappa shape index (κ2) is 9.84. The molecule has 1 unspecified atom stereocenters. The fourth-order valence-corrected chi connectivity index (χ4v) is 3.11. The highest BCUT2D eigenvalue weighted by Crippen LogP contribution is 2.32. The van der Waals surface area contributed by atoms with E-state index in [1.165, 1.54) is 25.7 Å². The molecule has 0 N–H and O–H groups in total. The van der Waals surface area contributed by atoms with Gasteiger partial charge in [0.2, 0.25) is 0 Å². The van der Waals surface area contributed by atoms with Crippen molar-refractivity contribution in [3.05, 3.63) is 36.2 Å². The summed E-state index contributed by atoms with van der Waals surface area (Å²) in [5.74, 6) is 1.41. The highest BCUT2D eigenvalue weighted by Gasteiger charge is 2.18. The number of hydrogen-bond donors (Lipinski definition) is 0. The Hall–Kier alpha value is -1.01. The van der Waals surface area contributed by atoms with Gasteiger partial charge in [0.15, 0.2) is 0 Å². The minimum atomic E-state index is -0.404. The molecule has 0 aromatic heterocycles. The number of hydrogen-bond acceptors (Lipinski definition) is 2. The molecule has 3 heteroatoms. The number of rotatable bonds is 7. The molecular formula is C18H26FNS. The minimum absolute atomic E-state index is 0.230. The second-order valence-electron chi connectivity index (χ2n) is 6.02. The fraction of sp³-hybridized carbons (Fsp3) is 0.611. The Balaban J connectivity index is 2.54. The monoisotopic (exact) mass is 307 g/mol. The Labute approximate surface area is 133 Å². The molecule has 1 saturated carbocycles. The molecule has 116 valence electrons. The van der Waals surface area contributed by atoms with Gasteiger partial charge in [-0.15, -0.1) is 0 Å². The van der Waals surface area contributed by atoms with Crippen molar-refractivity contribution in [1.82, 2.24) is 0 Å². The normalized spacial score (nSPS) is 25.2. The van der Waals surface area contributed by atoms with E-state index in [0.29, 0.717) is 0 Å². The Bertz CT molecular complexity index is 425. The first-order valence-electron chi connectivity index (χ1n) is 7.80. The zero-order chi connectivity index (χ0) is 15.7. The van der Waals surface area contributed by atoms with Crippen molar-refractivity contribution >= 4 is 11.8 Å². The third-order valence-electron chi connectivity index (χ3n) is 4.25. The van der Waals surface area contributed by atoms with E-state index in [-0.39, 0.29) is 5.83 Å². The van der Waals surface area contributed by atoms with E-state index in [9.17, 15) is 4.39 Å². The summed E-state index contributed by atoms with van der Waals surface area (Å²) < 4.78 is 14.0. The van der Waals surface area contributed by atoms with Crippen LogP contribution in [0.4, 0.5) is 4.39 Å². The molecule has 0 amide bonds. The molecule has 1 fully saturated rings. The maximum Gasteiger partial charge on any atom is 0.134 e. The van der Waals surface area contributed by atoms with Gasteiger partial charge >= 0.3 is 0 Å². The predicted molar refractivity (Wildman–Crippen MR) is 90.5 cm³/mol. The van der Waals surface area contributed by atoms with Crippen molar-refractivity contribution in [3.8, 4) is 5.40 Å². The number of halogens is 1. The van der Waals surface area contributed by atoms with E-state index in [1.54, 1.807) is 19.1 Å². The quantitative estimate of drug-likeness (QED) is 0.415. The number of nitriles is 1. The lowest BCUT2D eigenvalue weighted by Crippen LogP contribution is -2.12. The largest absolute Gasteiger partial charge is 0.211 e. The third-order valence-corrected chi connectivity index (χ3v) is 4.93. The van der Waals surface area contributed by atoms with Crippen LogP contribution in [0.5, 0.6) is 0 Å². The zero-order valence-corrected chi connectivity index (χ0v) is 14.0. The molecular weight excluding hydrogens is 281 g/mol. The molecule has 0 heterocycles. The Kier molecular flexibility index (Phi) is 8.45. The summed E-state index contributed by atoms with van der Waals surface area (Å²) in [5, 5.41) is 10.1. The van der Waals surface area contributed by atoms with E-state index < -0.39 is 5.25 Å². The van der Waals surface area contributed by atoms with Gasteiger partial charge in [0.1, 0.15) is 11.2 Å². The summed E-state index contributed by atoms with van der Waals surface area (Å²) >= 11 is 0.955. The molecule has 1 aliphatic rings. The van der Waals surface area contributed by atoms with Crippen molar-refractivity contribution in [2.24, 2.45) is 11.8 Å². The van der Waals surface area contributed by atoms with Crippen LogP contribution < -0.4 is 0 Å². The highest BCUT2D eigenvalue weighted by molar-refractivity contribution is 8.04. The summed E-state index contributed by atoms with van der Waals surface area (Å²) in [6.45, 7) is 7.75. The Morgan fingerprint density at radius 2 is 2.10 bits per heavy atom. The predicted octanol–water partition coefficient (Wildman–Crippen LogP) is 6.16. The van der Waals surface area contributed by atoms with Crippen LogP contribution in [0.3, 0.4) is 0 Å². The molecule has 0 aromatic carbocycles. The zero-order valence-electron chi connectivity index (χ0n) is 13.1. The summed E-state index contributed by atoms with van der Waals surface area (Å²) in [6.07, 6.45) is 12.4. The van der Waals surface area contributed by atoms with Gasteiger partial charge in [-0.1, -0.05) is 51.3 Å². The first-order chi connectivity index (χ1) is 10.1. The molecule has 1 aliphatic carbocycles. The van der Waals surface area contributed by atoms with Crippen molar-refractivity contribution in [2.45, 2.75) is 57.6 Å². The van der Waals surface area contributed by atoms with Gasteiger partial charge in [0.05, 0.1) is 5.25 Å². The molecule has 0 radical (unpaired) electrons. The average molecular weight is 307 g/mol. The van der Waals surface area contributed by atoms with Gasteiger partial charge in [-0.3, -0.25) is 0 Å². The highest BCUT2D eigenvalue weighted by atomic mass is 32.2. The van der Waals surface area contributed by atoms with E-state index in [4.69, 9.17) is 5.26 Å². The SMILES string of the molecule is C=C/C=C(\C=C(\F)C(C)SC#N)CCC1CCC(C)CC1. The van der Waals surface area contributed by atoms with Crippen LogP contribution in [-0.4, -0.2) is 5.25 Å². The van der Waals surface area contributed by atoms with Crippen molar-refractivity contribution < 1.29 is 4.39 Å². The van der Waals surface area contributed by atoms with Gasteiger partial charge in [0, 0.05) is 0 Å². The van der Waals surface area contributed by atoms with Gasteiger partial charge in [-0.25, -0.2) is 4.39 Å². The summed E-state index contributed by atoms with van der Waals surface area (Å²) in [6, 6.07) is 0. The minimum Gasteiger partial charge on any atom is -0.211 e. The van der Waals surface area contributed by atoms with E-state index in [0.717, 1.165) is 42.0 Å². The molecule has 21 heavy (non-hydrogen) atoms. The van der Waals surface area contributed by atoms with Crippen LogP contribution in [0.25, 0.3) is 0 Å². The molecule has 0 saturated heterocycles. The van der Waals surface area contributed by atoms with Crippen LogP contribution in [0, 0.1) is 22.5 Å². The lowest BCUT2D eigenvalue weighted by atomic mass is 9.80. The maximum atomic E-state index is 14.0. The van der Waals surface area contributed by atoms with Crippen LogP contribution in [0.15, 0.2) is 36.2 Å². The average Bonchev–Trinajstić information content (AvgIpc) is 2.46. The smallest absolute Gasteiger partial charge is 0.134 e. The molecule has 0 aliphatic heterocycles. The number of thiocyanates is 1. The summed E-state index contributed by atoms with van der Waals surface area (Å²) in [5.41, 5.74) is 0.978. The first-order valence-corrected chi connectivity index (χ1v) is 8.68. The molecule has 1 rings (SSSR count). The van der Waals surface area contributed by atoms with Crippen molar-refractivity contribution in [2.75, 3.05) is 0 Å². The van der Waals surface area contributed by atoms with Crippen LogP contribution in [0.1, 0.15) is 52.4 Å². The topological polar surface area (TPSA) is 23.8 Å². The van der Waals surface area contributed by atoms with E-state index >= 15 is 0 Å². The number of thioether (sulfide) groups is 1. The Morgan fingerprint density at radius 1 is 1.43 bits per heavy atom. The summed E-state index contributed by atoms with van der Waals surface area (Å²) in [4.78, 5) is 0. The molecule has 1 nitrogen and oxygen atoms in total. The second-order valence-corrected chi connectivity index (χ2v) is 7.15. The lowest BCUT2D eigenvalue weighted by molar-refractivity contribution is 0.278. The number of nitrogens with zero attached hydrogens (tertiary/aromatic N) is 1. The van der Waals surface area contributed by atoms with E-state index in [1.807, 2.05) is 11.5 Å². The lowest BCUT2D eigenvalue weighted by Gasteiger charge is -2.26. The van der Waals surface area contributed by atoms with Gasteiger partial charge in [-0.2, -0.15) is 5.26 Å². The Morgan fingerprint density at radius 3 is 2.67 bits per heavy atom. The van der Waals surface area contributed by atoms with Crippen LogP contribution in [0.2, 0.25) is 0 Å². The van der Waals surface area contributed by atoms with Crippen molar-refractivity contribution in [1.29, 1.82) is 5.26 Å². The van der Waals surface area contributed by atoms with Gasteiger partial charge in [0.25, 0.3) is 0 Å². The summed E-state index contributed by atoms with van der Waals surface area (Å²) in [7, 11) is 0. The first kappa shape index (κ1) is 18.0. The fourth-order valence-electron chi connectivity index (χ4n) is 2.77. The molecule has 0 spiro atoms. The third kappa shape index (κ3) is 7.00. The maximum absolute atomic E-state index is 14.0. The molecule has 0 bridgehead atoms.